The van der Waals surface area contributed by atoms with Gasteiger partial charge in [-0.15, -0.1) is 0 Å². The number of phenols is 1. The van der Waals surface area contributed by atoms with Crippen molar-refractivity contribution in [3.8, 4) is 11.5 Å². The Balaban J connectivity index is 2.15. The van der Waals surface area contributed by atoms with Gasteiger partial charge in [-0.1, -0.05) is 38.5 Å². The van der Waals surface area contributed by atoms with E-state index in [0.29, 0.717) is 12.4 Å². The fraction of sp³-hybridized carbons (Fsp3) is 0.684. The standard InChI is InChI=1S/C19H32O3/c1-15-14-18(16(2)17(3)19(15)21)22-13-11-9-7-5-4-6-8-10-12-20/h14,20-21H,4-13H2,1-3H3. The van der Waals surface area contributed by atoms with Crippen LogP contribution < -0.4 is 4.74 Å². The average Bonchev–Trinajstić information content (AvgIpc) is 2.51. The summed E-state index contributed by atoms with van der Waals surface area (Å²) in [4.78, 5) is 0. The van der Waals surface area contributed by atoms with Crippen LogP contribution in [0.4, 0.5) is 0 Å². The van der Waals surface area contributed by atoms with Gasteiger partial charge in [0.1, 0.15) is 11.5 Å². The largest absolute Gasteiger partial charge is 0.507 e. The summed E-state index contributed by atoms with van der Waals surface area (Å²) >= 11 is 0. The van der Waals surface area contributed by atoms with E-state index in [-0.39, 0.29) is 0 Å². The molecule has 0 saturated heterocycles. The molecule has 22 heavy (non-hydrogen) atoms. The number of aliphatic hydroxyl groups excluding tert-OH is 1. The number of aliphatic hydroxyl groups is 1. The summed E-state index contributed by atoms with van der Waals surface area (Å²) in [5.41, 5.74) is 2.82. The van der Waals surface area contributed by atoms with E-state index in [1.54, 1.807) is 0 Å². The zero-order valence-electron chi connectivity index (χ0n) is 14.5. The summed E-state index contributed by atoms with van der Waals surface area (Å²) in [6, 6.07) is 1.93. The molecule has 0 aromatic heterocycles. The Kier molecular flexibility index (Phi) is 8.98. The highest BCUT2D eigenvalue weighted by Gasteiger charge is 2.09. The van der Waals surface area contributed by atoms with Gasteiger partial charge in [0.15, 0.2) is 0 Å². The molecule has 0 bridgehead atoms. The van der Waals surface area contributed by atoms with Crippen molar-refractivity contribution in [2.75, 3.05) is 13.2 Å². The molecule has 0 aliphatic carbocycles. The molecule has 0 fully saturated rings. The Morgan fingerprint density at radius 2 is 1.36 bits per heavy atom. The van der Waals surface area contributed by atoms with Gasteiger partial charge < -0.3 is 14.9 Å². The van der Waals surface area contributed by atoms with Crippen molar-refractivity contribution in [2.24, 2.45) is 0 Å². The van der Waals surface area contributed by atoms with Crippen molar-refractivity contribution in [1.82, 2.24) is 0 Å². The van der Waals surface area contributed by atoms with Gasteiger partial charge in [-0.05, 0) is 56.4 Å². The quantitative estimate of drug-likeness (QED) is 0.577. The molecule has 0 unspecified atom stereocenters. The van der Waals surface area contributed by atoms with Crippen molar-refractivity contribution >= 4 is 0 Å². The van der Waals surface area contributed by atoms with E-state index in [4.69, 9.17) is 9.84 Å². The van der Waals surface area contributed by atoms with Crippen LogP contribution in [-0.2, 0) is 0 Å². The van der Waals surface area contributed by atoms with E-state index in [9.17, 15) is 5.11 Å². The number of phenolic OH excluding ortho intramolecular Hbond substituents is 1. The summed E-state index contributed by atoms with van der Waals surface area (Å²) in [7, 11) is 0. The van der Waals surface area contributed by atoms with E-state index in [0.717, 1.165) is 48.3 Å². The summed E-state index contributed by atoms with van der Waals surface area (Å²) in [6.07, 6.45) is 9.43. The maximum absolute atomic E-state index is 9.89. The lowest BCUT2D eigenvalue weighted by atomic mass is 10.0. The van der Waals surface area contributed by atoms with Crippen molar-refractivity contribution < 1.29 is 14.9 Å². The number of rotatable bonds is 11. The fourth-order valence-electron chi connectivity index (χ4n) is 2.64. The summed E-state index contributed by atoms with van der Waals surface area (Å²) < 4.78 is 5.87. The van der Waals surface area contributed by atoms with E-state index < -0.39 is 0 Å². The SMILES string of the molecule is Cc1cc(OCCCCCCCCCCO)c(C)c(C)c1O. The van der Waals surface area contributed by atoms with Gasteiger partial charge in [0.25, 0.3) is 0 Å². The third-order valence-corrected chi connectivity index (χ3v) is 4.32. The van der Waals surface area contributed by atoms with Crippen LogP contribution in [0.1, 0.15) is 68.1 Å². The smallest absolute Gasteiger partial charge is 0.122 e. The topological polar surface area (TPSA) is 49.7 Å². The second-order valence-corrected chi connectivity index (χ2v) is 6.19. The molecule has 0 aliphatic heterocycles. The van der Waals surface area contributed by atoms with Crippen LogP contribution in [0.2, 0.25) is 0 Å². The molecule has 1 aromatic rings. The van der Waals surface area contributed by atoms with Gasteiger partial charge in [0.05, 0.1) is 6.61 Å². The average molecular weight is 308 g/mol. The number of ether oxygens (including phenoxy) is 1. The highest BCUT2D eigenvalue weighted by molar-refractivity contribution is 5.51. The number of benzene rings is 1. The fourth-order valence-corrected chi connectivity index (χ4v) is 2.64. The van der Waals surface area contributed by atoms with E-state index >= 15 is 0 Å². The summed E-state index contributed by atoms with van der Waals surface area (Å²) in [5, 5.41) is 18.6. The predicted molar refractivity (Wildman–Crippen MR) is 91.8 cm³/mol. The van der Waals surface area contributed by atoms with Crippen molar-refractivity contribution in [1.29, 1.82) is 0 Å². The third kappa shape index (κ3) is 6.27. The first-order valence-electron chi connectivity index (χ1n) is 8.61. The zero-order chi connectivity index (χ0) is 16.4. The molecule has 0 spiro atoms. The number of aryl methyl sites for hydroxylation is 1. The first kappa shape index (κ1) is 18.8. The van der Waals surface area contributed by atoms with Crippen molar-refractivity contribution in [3.05, 3.63) is 22.8 Å². The second kappa shape index (κ2) is 10.5. The first-order chi connectivity index (χ1) is 10.6. The molecule has 1 rings (SSSR count). The van der Waals surface area contributed by atoms with Gasteiger partial charge >= 0.3 is 0 Å². The molecular formula is C19H32O3. The molecule has 0 heterocycles. The molecular weight excluding hydrogens is 276 g/mol. The van der Waals surface area contributed by atoms with E-state index in [1.807, 2.05) is 26.8 Å². The second-order valence-electron chi connectivity index (χ2n) is 6.19. The normalized spacial score (nSPS) is 10.9. The van der Waals surface area contributed by atoms with Gasteiger partial charge in [-0.2, -0.15) is 0 Å². The monoisotopic (exact) mass is 308 g/mol. The van der Waals surface area contributed by atoms with E-state index in [2.05, 4.69) is 0 Å². The third-order valence-electron chi connectivity index (χ3n) is 4.32. The van der Waals surface area contributed by atoms with Crippen LogP contribution in [0.15, 0.2) is 6.07 Å². The lowest BCUT2D eigenvalue weighted by molar-refractivity contribution is 0.282. The van der Waals surface area contributed by atoms with Gasteiger partial charge in [0, 0.05) is 6.61 Å². The Hall–Kier alpha value is -1.22. The van der Waals surface area contributed by atoms with Crippen LogP contribution in [0.5, 0.6) is 11.5 Å². The van der Waals surface area contributed by atoms with Crippen LogP contribution in [-0.4, -0.2) is 23.4 Å². The van der Waals surface area contributed by atoms with Gasteiger partial charge in [-0.3, -0.25) is 0 Å². The van der Waals surface area contributed by atoms with Gasteiger partial charge in [-0.25, -0.2) is 0 Å². The van der Waals surface area contributed by atoms with Crippen LogP contribution in [0.25, 0.3) is 0 Å². The predicted octanol–water partition coefficient (Wildman–Crippen LogP) is 4.81. The van der Waals surface area contributed by atoms with Gasteiger partial charge in [0.2, 0.25) is 0 Å². The number of hydrogen-bond donors (Lipinski definition) is 2. The molecule has 0 amide bonds. The molecule has 0 aliphatic rings. The lowest BCUT2D eigenvalue weighted by Gasteiger charge is -2.14. The van der Waals surface area contributed by atoms with Crippen LogP contribution in [0, 0.1) is 20.8 Å². The highest BCUT2D eigenvalue weighted by Crippen LogP contribution is 2.32. The molecule has 126 valence electrons. The van der Waals surface area contributed by atoms with Crippen molar-refractivity contribution in [3.63, 3.8) is 0 Å². The van der Waals surface area contributed by atoms with E-state index in [1.165, 1.54) is 32.1 Å². The minimum Gasteiger partial charge on any atom is -0.507 e. The Bertz CT molecular complexity index is 441. The number of aromatic hydroxyl groups is 1. The molecule has 2 N–H and O–H groups in total. The van der Waals surface area contributed by atoms with Crippen LogP contribution in [0.3, 0.4) is 0 Å². The molecule has 3 heteroatoms. The molecule has 0 atom stereocenters. The number of unbranched alkanes of at least 4 members (excludes halogenated alkanes) is 7. The Morgan fingerprint density at radius 3 is 1.95 bits per heavy atom. The zero-order valence-corrected chi connectivity index (χ0v) is 14.5. The Morgan fingerprint density at radius 1 is 0.818 bits per heavy atom. The van der Waals surface area contributed by atoms with Crippen LogP contribution >= 0.6 is 0 Å². The lowest BCUT2D eigenvalue weighted by Crippen LogP contribution is -2.01. The molecule has 0 saturated carbocycles. The Labute approximate surface area is 135 Å². The number of hydrogen-bond acceptors (Lipinski definition) is 3. The molecule has 3 nitrogen and oxygen atoms in total. The molecule has 0 radical (unpaired) electrons. The minimum absolute atomic E-state index is 0.326. The summed E-state index contributed by atoms with van der Waals surface area (Å²) in [6.45, 7) is 6.91. The minimum atomic E-state index is 0.326. The maximum Gasteiger partial charge on any atom is 0.122 e. The highest BCUT2D eigenvalue weighted by atomic mass is 16.5. The summed E-state index contributed by atoms with van der Waals surface area (Å²) in [5.74, 6) is 1.28. The molecule has 1 aromatic carbocycles. The first-order valence-corrected chi connectivity index (χ1v) is 8.61. The van der Waals surface area contributed by atoms with Crippen molar-refractivity contribution in [2.45, 2.75) is 72.1 Å². The maximum atomic E-state index is 9.89.